The van der Waals surface area contributed by atoms with Crippen molar-refractivity contribution in [2.24, 2.45) is 0 Å². The maximum Gasteiger partial charge on any atom is 0.137 e. The van der Waals surface area contributed by atoms with E-state index in [4.69, 9.17) is 4.74 Å². The van der Waals surface area contributed by atoms with Crippen LogP contribution < -0.4 is 4.74 Å². The topological polar surface area (TPSA) is 42.4 Å². The smallest absolute Gasteiger partial charge is 0.137 e. The summed E-state index contributed by atoms with van der Waals surface area (Å²) in [4.78, 5) is 3.96. The van der Waals surface area contributed by atoms with E-state index >= 15 is 0 Å². The fourth-order valence-corrected chi connectivity index (χ4v) is 2.09. The number of methoxy groups -OCH3 is 1. The third-order valence-corrected chi connectivity index (χ3v) is 3.40. The summed E-state index contributed by atoms with van der Waals surface area (Å²) in [5.74, 6) is 0.126. The van der Waals surface area contributed by atoms with Crippen molar-refractivity contribution in [2.75, 3.05) is 7.11 Å². The van der Waals surface area contributed by atoms with E-state index < -0.39 is 11.9 Å². The van der Waals surface area contributed by atoms with Crippen molar-refractivity contribution in [2.45, 2.75) is 6.10 Å². The predicted molar refractivity (Wildman–Crippen MR) is 69.0 cm³/mol. The van der Waals surface area contributed by atoms with Gasteiger partial charge in [0.2, 0.25) is 0 Å². The molecule has 0 fully saturated rings. The van der Waals surface area contributed by atoms with Gasteiger partial charge in [0.15, 0.2) is 0 Å². The standard InChI is InChI=1S/C13H11BrFNO2/c1-18-9-5-8(6-16-7-9)13(17)10-3-2-4-11(15)12(10)14/h2-7,13,17H,1H3. The molecule has 0 saturated heterocycles. The van der Waals surface area contributed by atoms with Crippen LogP contribution in [0.15, 0.2) is 41.1 Å². The Labute approximate surface area is 112 Å². The predicted octanol–water partition coefficient (Wildman–Crippen LogP) is 3.07. The van der Waals surface area contributed by atoms with Crippen LogP contribution in [0, 0.1) is 5.82 Å². The van der Waals surface area contributed by atoms with Crippen molar-refractivity contribution in [3.8, 4) is 5.75 Å². The first-order valence-corrected chi connectivity index (χ1v) is 6.03. The Morgan fingerprint density at radius 3 is 2.89 bits per heavy atom. The van der Waals surface area contributed by atoms with Gasteiger partial charge in [0.05, 0.1) is 17.8 Å². The zero-order chi connectivity index (χ0) is 13.1. The molecule has 1 N–H and O–H groups in total. The molecule has 3 nitrogen and oxygen atoms in total. The number of rotatable bonds is 3. The van der Waals surface area contributed by atoms with E-state index in [0.29, 0.717) is 16.9 Å². The van der Waals surface area contributed by atoms with Crippen LogP contribution in [0.4, 0.5) is 4.39 Å². The number of aliphatic hydroxyl groups is 1. The quantitative estimate of drug-likeness (QED) is 0.947. The number of aliphatic hydroxyl groups excluding tert-OH is 1. The van der Waals surface area contributed by atoms with Gasteiger partial charge in [-0.05, 0) is 28.1 Å². The third-order valence-electron chi connectivity index (χ3n) is 2.56. The van der Waals surface area contributed by atoms with Crippen LogP contribution in [-0.2, 0) is 0 Å². The fourth-order valence-electron chi connectivity index (χ4n) is 1.61. The Morgan fingerprint density at radius 1 is 1.39 bits per heavy atom. The van der Waals surface area contributed by atoms with Crippen LogP contribution in [0.1, 0.15) is 17.2 Å². The molecule has 1 unspecified atom stereocenters. The number of hydrogen-bond donors (Lipinski definition) is 1. The van der Waals surface area contributed by atoms with Crippen LogP contribution in [-0.4, -0.2) is 17.2 Å². The van der Waals surface area contributed by atoms with Crippen molar-refractivity contribution < 1.29 is 14.2 Å². The summed E-state index contributed by atoms with van der Waals surface area (Å²) in [5.41, 5.74) is 0.991. The maximum absolute atomic E-state index is 13.4. The Hall–Kier alpha value is -1.46. The van der Waals surface area contributed by atoms with E-state index in [0.717, 1.165) is 0 Å². The second-order valence-corrected chi connectivity index (χ2v) is 4.50. The molecule has 0 spiro atoms. The lowest BCUT2D eigenvalue weighted by Crippen LogP contribution is -2.02. The summed E-state index contributed by atoms with van der Waals surface area (Å²) in [6.07, 6.45) is 2.10. The zero-order valence-corrected chi connectivity index (χ0v) is 11.2. The number of nitrogens with zero attached hydrogens (tertiary/aromatic N) is 1. The van der Waals surface area contributed by atoms with Crippen molar-refractivity contribution in [3.05, 3.63) is 58.1 Å². The highest BCUT2D eigenvalue weighted by atomic mass is 79.9. The van der Waals surface area contributed by atoms with Crippen LogP contribution >= 0.6 is 15.9 Å². The van der Waals surface area contributed by atoms with E-state index in [9.17, 15) is 9.50 Å². The molecular weight excluding hydrogens is 301 g/mol. The average molecular weight is 312 g/mol. The normalized spacial score (nSPS) is 12.2. The first kappa shape index (κ1) is 13.0. The molecule has 0 aliphatic carbocycles. The molecule has 1 aromatic carbocycles. The summed E-state index contributed by atoms with van der Waals surface area (Å²) < 4.78 is 18.7. The summed E-state index contributed by atoms with van der Waals surface area (Å²) in [6, 6.07) is 6.18. The molecule has 1 atom stereocenters. The Kier molecular flexibility index (Phi) is 3.93. The fraction of sp³-hybridized carbons (Fsp3) is 0.154. The number of ether oxygens (including phenoxy) is 1. The van der Waals surface area contributed by atoms with Gasteiger partial charge in [0, 0.05) is 17.3 Å². The molecule has 1 aromatic heterocycles. The van der Waals surface area contributed by atoms with Gasteiger partial charge in [-0.2, -0.15) is 0 Å². The first-order chi connectivity index (χ1) is 8.63. The second kappa shape index (κ2) is 5.46. The third kappa shape index (κ3) is 2.52. The highest BCUT2D eigenvalue weighted by Crippen LogP contribution is 2.31. The molecule has 1 heterocycles. The van der Waals surface area contributed by atoms with Gasteiger partial charge in [-0.15, -0.1) is 0 Å². The minimum absolute atomic E-state index is 0.250. The molecule has 18 heavy (non-hydrogen) atoms. The highest BCUT2D eigenvalue weighted by molar-refractivity contribution is 9.10. The molecule has 0 aliphatic heterocycles. The highest BCUT2D eigenvalue weighted by Gasteiger charge is 2.16. The Morgan fingerprint density at radius 2 is 2.17 bits per heavy atom. The van der Waals surface area contributed by atoms with Crippen molar-refractivity contribution in [1.29, 1.82) is 0 Å². The molecule has 0 amide bonds. The van der Waals surface area contributed by atoms with Crippen LogP contribution in [0.5, 0.6) is 5.75 Å². The monoisotopic (exact) mass is 311 g/mol. The summed E-state index contributed by atoms with van der Waals surface area (Å²) in [5, 5.41) is 10.2. The molecule has 0 bridgehead atoms. The molecule has 94 valence electrons. The van der Waals surface area contributed by atoms with Gasteiger partial charge < -0.3 is 9.84 Å². The molecule has 0 radical (unpaired) electrons. The number of aromatic nitrogens is 1. The van der Waals surface area contributed by atoms with Gasteiger partial charge >= 0.3 is 0 Å². The second-order valence-electron chi connectivity index (χ2n) is 3.70. The minimum Gasteiger partial charge on any atom is -0.495 e. The van der Waals surface area contributed by atoms with Gasteiger partial charge in [-0.25, -0.2) is 4.39 Å². The van der Waals surface area contributed by atoms with E-state index in [1.807, 2.05) is 0 Å². The first-order valence-electron chi connectivity index (χ1n) is 5.24. The minimum atomic E-state index is -0.960. The van der Waals surface area contributed by atoms with Gasteiger partial charge in [-0.3, -0.25) is 4.98 Å². The lowest BCUT2D eigenvalue weighted by Gasteiger charge is -2.14. The van der Waals surface area contributed by atoms with E-state index in [-0.39, 0.29) is 4.47 Å². The van der Waals surface area contributed by atoms with Crippen molar-refractivity contribution in [3.63, 3.8) is 0 Å². The van der Waals surface area contributed by atoms with E-state index in [2.05, 4.69) is 20.9 Å². The average Bonchev–Trinajstić information content (AvgIpc) is 2.41. The Balaban J connectivity index is 2.41. The lowest BCUT2D eigenvalue weighted by atomic mass is 10.0. The van der Waals surface area contributed by atoms with E-state index in [1.54, 1.807) is 18.2 Å². The Bertz CT molecular complexity index is 562. The van der Waals surface area contributed by atoms with Crippen molar-refractivity contribution in [1.82, 2.24) is 4.98 Å². The van der Waals surface area contributed by atoms with Gasteiger partial charge in [0.1, 0.15) is 17.7 Å². The van der Waals surface area contributed by atoms with Gasteiger partial charge in [-0.1, -0.05) is 12.1 Å². The lowest BCUT2D eigenvalue weighted by molar-refractivity contribution is 0.218. The number of benzene rings is 1. The summed E-state index contributed by atoms with van der Waals surface area (Å²) >= 11 is 3.13. The number of halogens is 2. The van der Waals surface area contributed by atoms with E-state index in [1.165, 1.54) is 25.6 Å². The number of pyridine rings is 1. The zero-order valence-electron chi connectivity index (χ0n) is 9.60. The molecule has 0 saturated carbocycles. The molecular formula is C13H11BrFNO2. The van der Waals surface area contributed by atoms with Crippen LogP contribution in [0.3, 0.4) is 0 Å². The molecule has 2 rings (SSSR count). The molecule has 5 heteroatoms. The van der Waals surface area contributed by atoms with Crippen LogP contribution in [0.25, 0.3) is 0 Å². The maximum atomic E-state index is 13.4. The molecule has 2 aromatic rings. The molecule has 0 aliphatic rings. The van der Waals surface area contributed by atoms with Gasteiger partial charge in [0.25, 0.3) is 0 Å². The summed E-state index contributed by atoms with van der Waals surface area (Å²) in [7, 11) is 1.52. The SMILES string of the molecule is COc1cncc(C(O)c2cccc(F)c2Br)c1. The van der Waals surface area contributed by atoms with Crippen LogP contribution in [0.2, 0.25) is 0 Å². The number of hydrogen-bond acceptors (Lipinski definition) is 3. The summed E-state index contributed by atoms with van der Waals surface area (Å²) in [6.45, 7) is 0. The largest absolute Gasteiger partial charge is 0.495 e. The van der Waals surface area contributed by atoms with Crippen molar-refractivity contribution >= 4 is 15.9 Å².